The lowest BCUT2D eigenvalue weighted by Crippen LogP contribution is -2.28. The highest BCUT2D eigenvalue weighted by Gasteiger charge is 2.20. The van der Waals surface area contributed by atoms with Gasteiger partial charge in [-0.3, -0.25) is 4.79 Å². The smallest absolute Gasteiger partial charge is 0.197 e. The molecule has 2 aromatic carbocycles. The Kier molecular flexibility index (Phi) is 5.78. The van der Waals surface area contributed by atoms with Crippen LogP contribution >= 0.6 is 0 Å². The minimum absolute atomic E-state index is 0.0671. The summed E-state index contributed by atoms with van der Waals surface area (Å²) in [7, 11) is 0. The van der Waals surface area contributed by atoms with Gasteiger partial charge in [0, 0.05) is 22.9 Å². The number of anilines is 1. The van der Waals surface area contributed by atoms with E-state index in [0.29, 0.717) is 29.3 Å². The molecule has 144 valence electrons. The van der Waals surface area contributed by atoms with E-state index in [2.05, 4.69) is 10.3 Å². The molecule has 0 aliphatic rings. The Balaban J connectivity index is 1.87. The van der Waals surface area contributed by atoms with E-state index in [1.165, 1.54) is 0 Å². The number of carbonyl (C=O) groups is 1. The summed E-state index contributed by atoms with van der Waals surface area (Å²) in [6, 6.07) is 19.2. The molecule has 0 saturated carbocycles. The molecule has 3 rings (SSSR count). The Hall–Kier alpha value is -3.14. The van der Waals surface area contributed by atoms with Crippen LogP contribution in [0.4, 0.5) is 5.82 Å². The van der Waals surface area contributed by atoms with Crippen LogP contribution in [0.25, 0.3) is 0 Å². The Bertz CT molecular complexity index is 960. The fourth-order valence-corrected chi connectivity index (χ4v) is 2.94. The zero-order valence-electron chi connectivity index (χ0n) is 16.8. The van der Waals surface area contributed by atoms with Gasteiger partial charge in [0.15, 0.2) is 5.78 Å². The van der Waals surface area contributed by atoms with Gasteiger partial charge >= 0.3 is 0 Å². The summed E-state index contributed by atoms with van der Waals surface area (Å²) in [4.78, 5) is 17.6. The van der Waals surface area contributed by atoms with Crippen LogP contribution in [0.1, 0.15) is 47.8 Å². The van der Waals surface area contributed by atoms with E-state index >= 15 is 0 Å². The van der Waals surface area contributed by atoms with Gasteiger partial charge in [-0.1, -0.05) is 42.5 Å². The number of benzene rings is 2. The maximum atomic E-state index is 13.3. The van der Waals surface area contributed by atoms with Crippen LogP contribution in [0.15, 0.2) is 66.9 Å². The van der Waals surface area contributed by atoms with Crippen molar-refractivity contribution in [1.82, 2.24) is 4.98 Å². The Labute approximate surface area is 166 Å². The summed E-state index contributed by atoms with van der Waals surface area (Å²) in [5, 5.41) is 3.32. The highest BCUT2D eigenvalue weighted by molar-refractivity contribution is 6.12. The van der Waals surface area contributed by atoms with Gasteiger partial charge in [-0.05, 0) is 51.5 Å². The van der Waals surface area contributed by atoms with Crippen LogP contribution in [0, 0.1) is 6.92 Å². The molecule has 3 aromatic rings. The molecule has 0 saturated heterocycles. The predicted octanol–water partition coefficient (Wildman–Crippen LogP) is 5.41. The molecular formula is C24H26N2O2. The normalized spacial score (nSPS) is 11.1. The molecule has 28 heavy (non-hydrogen) atoms. The van der Waals surface area contributed by atoms with Gasteiger partial charge in [-0.15, -0.1) is 0 Å². The number of nitrogens with one attached hydrogen (secondary N) is 1. The maximum absolute atomic E-state index is 13.3. The van der Waals surface area contributed by atoms with Gasteiger partial charge in [0.2, 0.25) is 0 Å². The zero-order chi connectivity index (χ0) is 20.1. The highest BCUT2D eigenvalue weighted by atomic mass is 16.5. The second-order valence-corrected chi connectivity index (χ2v) is 7.81. The van der Waals surface area contributed by atoms with E-state index in [0.717, 1.165) is 11.1 Å². The third-order valence-electron chi connectivity index (χ3n) is 4.31. The molecule has 0 bridgehead atoms. The van der Waals surface area contributed by atoms with Crippen molar-refractivity contribution >= 4 is 11.6 Å². The fraction of sp³-hybridized carbons (Fsp3) is 0.250. The number of nitrogens with zero attached hydrogens (tertiary/aromatic N) is 1. The Morgan fingerprint density at radius 2 is 1.68 bits per heavy atom. The first-order chi connectivity index (χ1) is 13.3. The van der Waals surface area contributed by atoms with E-state index in [1.807, 2.05) is 76.2 Å². The molecule has 0 unspecified atom stereocenters. The maximum Gasteiger partial charge on any atom is 0.197 e. The van der Waals surface area contributed by atoms with Crippen molar-refractivity contribution in [2.45, 2.75) is 39.8 Å². The van der Waals surface area contributed by atoms with Crippen LogP contribution < -0.4 is 10.1 Å². The molecule has 1 heterocycles. The quantitative estimate of drug-likeness (QED) is 0.586. The molecule has 4 nitrogen and oxygen atoms in total. The van der Waals surface area contributed by atoms with E-state index in [4.69, 9.17) is 4.74 Å². The van der Waals surface area contributed by atoms with Crippen LogP contribution in [-0.2, 0) is 6.61 Å². The van der Waals surface area contributed by atoms with Gasteiger partial charge in [0.1, 0.15) is 18.2 Å². The van der Waals surface area contributed by atoms with Gasteiger partial charge in [0.25, 0.3) is 0 Å². The standard InChI is InChI=1S/C24H26N2O2/c1-17-19(12-8-14-21(17)28-16-18-10-6-5-7-11-18)22(27)20-13-9-15-25-23(20)26-24(2,3)4/h5-15H,16H2,1-4H3,(H,25,26). The van der Waals surface area contributed by atoms with Crippen molar-refractivity contribution in [1.29, 1.82) is 0 Å². The highest BCUT2D eigenvalue weighted by Crippen LogP contribution is 2.27. The Morgan fingerprint density at radius 1 is 0.964 bits per heavy atom. The first kappa shape index (κ1) is 19.6. The molecule has 4 heteroatoms. The third-order valence-corrected chi connectivity index (χ3v) is 4.31. The van der Waals surface area contributed by atoms with Crippen molar-refractivity contribution in [2.75, 3.05) is 5.32 Å². The summed E-state index contributed by atoms with van der Waals surface area (Å²) in [6.07, 6.45) is 1.69. The molecule has 1 N–H and O–H groups in total. The molecule has 0 radical (unpaired) electrons. The van der Waals surface area contributed by atoms with Crippen molar-refractivity contribution in [3.8, 4) is 5.75 Å². The zero-order valence-corrected chi connectivity index (χ0v) is 16.8. The minimum Gasteiger partial charge on any atom is -0.489 e. The summed E-state index contributed by atoms with van der Waals surface area (Å²) < 4.78 is 5.98. The number of ketones is 1. The monoisotopic (exact) mass is 374 g/mol. The number of aromatic nitrogens is 1. The van der Waals surface area contributed by atoms with Crippen LogP contribution in [0.2, 0.25) is 0 Å². The van der Waals surface area contributed by atoms with Crippen LogP contribution in [0.3, 0.4) is 0 Å². The van der Waals surface area contributed by atoms with Crippen molar-refractivity contribution in [3.05, 3.63) is 89.1 Å². The predicted molar refractivity (Wildman–Crippen MR) is 113 cm³/mol. The lowest BCUT2D eigenvalue weighted by molar-refractivity contribution is 0.103. The van der Waals surface area contributed by atoms with Gasteiger partial charge in [0.05, 0.1) is 5.56 Å². The van der Waals surface area contributed by atoms with E-state index in [1.54, 1.807) is 18.3 Å². The second kappa shape index (κ2) is 8.26. The number of pyridine rings is 1. The summed E-state index contributed by atoms with van der Waals surface area (Å²) in [5.74, 6) is 1.24. The van der Waals surface area contributed by atoms with Crippen molar-refractivity contribution < 1.29 is 9.53 Å². The number of hydrogen-bond donors (Lipinski definition) is 1. The summed E-state index contributed by atoms with van der Waals surface area (Å²) in [6.45, 7) is 8.50. The van der Waals surface area contributed by atoms with Crippen LogP contribution in [-0.4, -0.2) is 16.3 Å². The first-order valence-electron chi connectivity index (χ1n) is 9.39. The molecule has 0 fully saturated rings. The summed E-state index contributed by atoms with van der Waals surface area (Å²) >= 11 is 0. The Morgan fingerprint density at radius 3 is 2.39 bits per heavy atom. The SMILES string of the molecule is Cc1c(OCc2ccccc2)cccc1C(=O)c1cccnc1NC(C)(C)C. The summed E-state index contributed by atoms with van der Waals surface area (Å²) in [5.41, 5.74) is 2.90. The molecule has 0 spiro atoms. The molecular weight excluding hydrogens is 348 g/mol. The second-order valence-electron chi connectivity index (χ2n) is 7.81. The van der Waals surface area contributed by atoms with E-state index in [-0.39, 0.29) is 11.3 Å². The number of rotatable bonds is 6. The molecule has 1 aromatic heterocycles. The molecule has 0 aliphatic carbocycles. The number of hydrogen-bond acceptors (Lipinski definition) is 4. The number of ether oxygens (including phenoxy) is 1. The largest absolute Gasteiger partial charge is 0.489 e. The third kappa shape index (κ3) is 4.77. The minimum atomic E-state index is -0.195. The van der Waals surface area contributed by atoms with Gasteiger partial charge in [-0.2, -0.15) is 0 Å². The molecule has 0 amide bonds. The van der Waals surface area contributed by atoms with Crippen LogP contribution in [0.5, 0.6) is 5.75 Å². The fourth-order valence-electron chi connectivity index (χ4n) is 2.94. The first-order valence-corrected chi connectivity index (χ1v) is 9.39. The van der Waals surface area contributed by atoms with E-state index in [9.17, 15) is 4.79 Å². The molecule has 0 atom stereocenters. The average Bonchev–Trinajstić information content (AvgIpc) is 2.67. The lowest BCUT2D eigenvalue weighted by atomic mass is 9.98. The number of carbonyl (C=O) groups excluding carboxylic acids is 1. The van der Waals surface area contributed by atoms with E-state index < -0.39 is 0 Å². The van der Waals surface area contributed by atoms with Crippen molar-refractivity contribution in [3.63, 3.8) is 0 Å². The average molecular weight is 374 g/mol. The van der Waals surface area contributed by atoms with Gasteiger partial charge < -0.3 is 10.1 Å². The van der Waals surface area contributed by atoms with Crippen molar-refractivity contribution in [2.24, 2.45) is 0 Å². The van der Waals surface area contributed by atoms with Gasteiger partial charge in [-0.25, -0.2) is 4.98 Å². The lowest BCUT2D eigenvalue weighted by Gasteiger charge is -2.23. The molecule has 0 aliphatic heterocycles. The topological polar surface area (TPSA) is 51.2 Å².